The molecule has 1 atom stereocenters. The third kappa shape index (κ3) is 7.71. The van der Waals surface area contributed by atoms with Gasteiger partial charge in [0.1, 0.15) is 18.3 Å². The van der Waals surface area contributed by atoms with E-state index in [0.29, 0.717) is 18.0 Å². The average Bonchev–Trinajstić information content (AvgIpc) is 2.80. The van der Waals surface area contributed by atoms with Crippen molar-refractivity contribution in [2.75, 3.05) is 30.8 Å². The van der Waals surface area contributed by atoms with Crippen molar-refractivity contribution in [1.29, 1.82) is 0 Å². The van der Waals surface area contributed by atoms with Gasteiger partial charge in [0.05, 0.1) is 19.1 Å². The molecule has 0 radical (unpaired) electrons. The van der Waals surface area contributed by atoms with Crippen molar-refractivity contribution in [3.05, 3.63) is 59.2 Å². The van der Waals surface area contributed by atoms with E-state index in [4.69, 9.17) is 4.74 Å². The Hall–Kier alpha value is -3.07. The number of methoxy groups -OCH3 is 1. The predicted molar refractivity (Wildman–Crippen MR) is 139 cm³/mol. The Labute approximate surface area is 209 Å². The maximum Gasteiger partial charge on any atom is 0.244 e. The molecule has 2 aromatic rings. The molecule has 192 valence electrons. The number of sulfonamides is 1. The number of benzene rings is 2. The van der Waals surface area contributed by atoms with Gasteiger partial charge in [0.15, 0.2) is 0 Å². The van der Waals surface area contributed by atoms with Gasteiger partial charge in [-0.15, -0.1) is 0 Å². The Morgan fingerprint density at radius 3 is 2.31 bits per heavy atom. The second kappa shape index (κ2) is 12.1. The zero-order valence-electron chi connectivity index (χ0n) is 21.7. The maximum absolute atomic E-state index is 13.6. The summed E-state index contributed by atoms with van der Waals surface area (Å²) in [6.45, 7) is 9.50. The summed E-state index contributed by atoms with van der Waals surface area (Å²) in [5.41, 5.74) is 2.89. The molecular formula is C26H37N3O5S. The standard InChI is InChI=1S/C26H37N3O5S/c1-18(2)15-27-26(31)21(5)28(16-22-11-9-12-23(14-22)34-6)25(30)17-29(35(7,32)33)24-13-8-10-19(3)20(24)4/h8-14,18,21H,15-17H2,1-7H3,(H,27,31)/t21-/m1/s1. The van der Waals surface area contributed by atoms with Crippen molar-refractivity contribution in [2.24, 2.45) is 5.92 Å². The van der Waals surface area contributed by atoms with Crippen molar-refractivity contribution in [2.45, 2.75) is 47.2 Å². The second-order valence-corrected chi connectivity index (χ2v) is 11.1. The summed E-state index contributed by atoms with van der Waals surface area (Å²) in [4.78, 5) is 27.9. The van der Waals surface area contributed by atoms with Crippen molar-refractivity contribution < 1.29 is 22.7 Å². The topological polar surface area (TPSA) is 96.0 Å². The third-order valence-electron chi connectivity index (χ3n) is 5.86. The number of carbonyl (C=O) groups excluding carboxylic acids is 2. The third-order valence-corrected chi connectivity index (χ3v) is 6.99. The zero-order valence-corrected chi connectivity index (χ0v) is 22.5. The largest absolute Gasteiger partial charge is 0.497 e. The number of anilines is 1. The Bertz CT molecular complexity index is 1150. The number of aryl methyl sites for hydroxylation is 1. The summed E-state index contributed by atoms with van der Waals surface area (Å²) >= 11 is 0. The normalized spacial score (nSPS) is 12.2. The molecule has 0 unspecified atom stereocenters. The minimum absolute atomic E-state index is 0.122. The number of hydrogen-bond acceptors (Lipinski definition) is 5. The van der Waals surface area contributed by atoms with Crippen molar-refractivity contribution in [1.82, 2.24) is 10.2 Å². The van der Waals surface area contributed by atoms with Gasteiger partial charge in [-0.2, -0.15) is 0 Å². The van der Waals surface area contributed by atoms with Crippen LogP contribution in [0.15, 0.2) is 42.5 Å². The Morgan fingerprint density at radius 1 is 1.06 bits per heavy atom. The number of hydrogen-bond donors (Lipinski definition) is 1. The summed E-state index contributed by atoms with van der Waals surface area (Å²) in [5.74, 6) is 0.0950. The molecule has 0 aliphatic carbocycles. The van der Waals surface area contributed by atoms with Crippen molar-refractivity contribution in [3.8, 4) is 5.75 Å². The first-order chi connectivity index (χ1) is 16.3. The van der Waals surface area contributed by atoms with Gasteiger partial charge in [-0.25, -0.2) is 8.42 Å². The van der Waals surface area contributed by atoms with Crippen LogP contribution in [0.5, 0.6) is 5.75 Å². The number of carbonyl (C=O) groups is 2. The lowest BCUT2D eigenvalue weighted by atomic mass is 10.1. The molecule has 0 aromatic heterocycles. The van der Waals surface area contributed by atoms with Crippen LogP contribution >= 0.6 is 0 Å². The minimum Gasteiger partial charge on any atom is -0.497 e. The molecule has 0 bridgehead atoms. The molecule has 2 amide bonds. The molecule has 0 saturated carbocycles. The molecule has 0 heterocycles. The molecule has 2 rings (SSSR count). The highest BCUT2D eigenvalue weighted by Gasteiger charge is 2.30. The van der Waals surface area contributed by atoms with Crippen molar-refractivity contribution in [3.63, 3.8) is 0 Å². The molecule has 35 heavy (non-hydrogen) atoms. The Balaban J connectivity index is 2.43. The zero-order chi connectivity index (χ0) is 26.3. The molecule has 9 heteroatoms. The predicted octanol–water partition coefficient (Wildman–Crippen LogP) is 3.27. The van der Waals surface area contributed by atoms with Gasteiger partial charge < -0.3 is 15.0 Å². The summed E-state index contributed by atoms with van der Waals surface area (Å²) in [7, 11) is -2.22. The van der Waals surface area contributed by atoms with Crippen LogP contribution in [0.3, 0.4) is 0 Å². The monoisotopic (exact) mass is 503 g/mol. The van der Waals surface area contributed by atoms with Gasteiger partial charge in [-0.05, 0) is 61.6 Å². The van der Waals surface area contributed by atoms with Gasteiger partial charge in [-0.3, -0.25) is 13.9 Å². The highest BCUT2D eigenvalue weighted by atomic mass is 32.2. The van der Waals surface area contributed by atoms with Crippen LogP contribution in [0.2, 0.25) is 0 Å². The summed E-state index contributed by atoms with van der Waals surface area (Å²) in [6, 6.07) is 11.7. The summed E-state index contributed by atoms with van der Waals surface area (Å²) in [6.07, 6.45) is 1.08. The average molecular weight is 504 g/mol. The van der Waals surface area contributed by atoms with Crippen LogP contribution < -0.4 is 14.4 Å². The molecule has 1 N–H and O–H groups in total. The fraction of sp³-hybridized carbons (Fsp3) is 0.462. The molecule has 8 nitrogen and oxygen atoms in total. The molecule has 0 spiro atoms. The number of rotatable bonds is 11. The van der Waals surface area contributed by atoms with E-state index in [0.717, 1.165) is 27.3 Å². The fourth-order valence-electron chi connectivity index (χ4n) is 3.60. The van der Waals surface area contributed by atoms with Gasteiger partial charge in [0, 0.05) is 13.1 Å². The first-order valence-corrected chi connectivity index (χ1v) is 13.4. The van der Waals surface area contributed by atoms with Crippen molar-refractivity contribution >= 4 is 27.5 Å². The quantitative estimate of drug-likeness (QED) is 0.508. The van der Waals surface area contributed by atoms with E-state index >= 15 is 0 Å². The lowest BCUT2D eigenvalue weighted by Crippen LogP contribution is -2.51. The second-order valence-electron chi connectivity index (χ2n) is 9.18. The Kier molecular flexibility index (Phi) is 9.71. The van der Waals surface area contributed by atoms with E-state index in [1.54, 1.807) is 44.4 Å². The molecule has 2 aromatic carbocycles. The van der Waals surface area contributed by atoms with Crippen LogP contribution in [0.25, 0.3) is 0 Å². The summed E-state index contributed by atoms with van der Waals surface area (Å²) < 4.78 is 31.9. The van der Waals surface area contributed by atoms with Crippen LogP contribution in [-0.4, -0.2) is 57.6 Å². The van der Waals surface area contributed by atoms with Crippen LogP contribution in [0.1, 0.15) is 37.5 Å². The SMILES string of the molecule is COc1cccc(CN(C(=O)CN(c2cccc(C)c2C)S(C)(=O)=O)[C@H](C)C(=O)NCC(C)C)c1. The van der Waals surface area contributed by atoms with E-state index in [2.05, 4.69) is 5.32 Å². The Morgan fingerprint density at radius 2 is 1.71 bits per heavy atom. The smallest absolute Gasteiger partial charge is 0.244 e. The van der Waals surface area contributed by atoms with E-state index in [1.165, 1.54) is 4.90 Å². The number of ether oxygens (including phenoxy) is 1. The molecule has 0 fully saturated rings. The lowest BCUT2D eigenvalue weighted by Gasteiger charge is -2.32. The van der Waals surface area contributed by atoms with E-state index in [9.17, 15) is 18.0 Å². The number of nitrogens with zero attached hydrogens (tertiary/aromatic N) is 2. The maximum atomic E-state index is 13.6. The van der Waals surface area contributed by atoms with Gasteiger partial charge in [0.2, 0.25) is 21.8 Å². The number of amides is 2. The number of nitrogens with one attached hydrogen (secondary N) is 1. The molecule has 0 aliphatic heterocycles. The van der Waals surface area contributed by atoms with E-state index in [1.807, 2.05) is 39.8 Å². The molecular weight excluding hydrogens is 466 g/mol. The first-order valence-electron chi connectivity index (χ1n) is 11.6. The molecule has 0 aliphatic rings. The lowest BCUT2D eigenvalue weighted by molar-refractivity contribution is -0.139. The van der Waals surface area contributed by atoms with Crippen LogP contribution in [-0.2, 0) is 26.2 Å². The minimum atomic E-state index is -3.77. The molecule has 0 saturated heterocycles. The first kappa shape index (κ1) is 28.2. The van der Waals surface area contributed by atoms with Crippen LogP contribution in [0, 0.1) is 19.8 Å². The van der Waals surface area contributed by atoms with E-state index < -0.39 is 28.5 Å². The van der Waals surface area contributed by atoms with Gasteiger partial charge in [-0.1, -0.05) is 38.1 Å². The van der Waals surface area contributed by atoms with Gasteiger partial charge in [0.25, 0.3) is 0 Å². The van der Waals surface area contributed by atoms with E-state index in [-0.39, 0.29) is 18.4 Å². The highest BCUT2D eigenvalue weighted by molar-refractivity contribution is 7.92. The van der Waals surface area contributed by atoms with Crippen LogP contribution in [0.4, 0.5) is 5.69 Å². The highest BCUT2D eigenvalue weighted by Crippen LogP contribution is 2.25. The summed E-state index contributed by atoms with van der Waals surface area (Å²) in [5, 5.41) is 2.87. The van der Waals surface area contributed by atoms with Gasteiger partial charge >= 0.3 is 0 Å². The fourth-order valence-corrected chi connectivity index (χ4v) is 4.50.